The second-order valence-electron chi connectivity index (χ2n) is 16.7. The molecular weight excluding hydrogens is 707 g/mol. The molecule has 8 nitrogen and oxygen atoms in total. The lowest BCUT2D eigenvalue weighted by atomic mass is 10.0. The van der Waals surface area contributed by atoms with Gasteiger partial charge in [-0.25, -0.2) is 0 Å². The number of allylic oxidation sites excluding steroid dienone is 5. The Balaban J connectivity index is 4.19. The molecule has 0 radical (unpaired) electrons. The maximum absolute atomic E-state index is 12.8. The van der Waals surface area contributed by atoms with Crippen LogP contribution in [0.15, 0.2) is 36.5 Å². The summed E-state index contributed by atoms with van der Waals surface area (Å²) < 4.78 is 23.1. The van der Waals surface area contributed by atoms with E-state index in [-0.39, 0.29) is 12.5 Å². The second kappa shape index (κ2) is 38.2. The van der Waals surface area contributed by atoms with Gasteiger partial charge >= 0.3 is 0 Å². The van der Waals surface area contributed by atoms with Gasteiger partial charge in [0, 0.05) is 6.42 Å². The Bertz CT molecular complexity index is 995. The van der Waals surface area contributed by atoms with Crippen LogP contribution in [0.25, 0.3) is 0 Å². The normalized spacial score (nSPS) is 14.7. The Kier molecular flexibility index (Phi) is 37.4. The smallest absolute Gasteiger partial charge is 0.268 e. The average Bonchev–Trinajstić information content (AvgIpc) is 3.13. The predicted molar refractivity (Wildman–Crippen MR) is 233 cm³/mol. The third-order valence-electron chi connectivity index (χ3n) is 10.1. The minimum atomic E-state index is -4.59. The summed E-state index contributed by atoms with van der Waals surface area (Å²) in [6.45, 7) is 4.57. The number of phosphoric acid groups is 1. The Hall–Kier alpha value is -1.28. The summed E-state index contributed by atoms with van der Waals surface area (Å²) in [6, 6.07) is -0.901. The number of aliphatic hydroxyl groups excluding tert-OH is 1. The van der Waals surface area contributed by atoms with Crippen LogP contribution in [0.2, 0.25) is 0 Å². The van der Waals surface area contributed by atoms with Gasteiger partial charge in [0.2, 0.25) is 5.91 Å². The highest BCUT2D eigenvalue weighted by Gasteiger charge is 2.23. The van der Waals surface area contributed by atoms with E-state index in [1.54, 1.807) is 6.08 Å². The number of quaternary nitrogens is 1. The minimum Gasteiger partial charge on any atom is -0.756 e. The first-order valence-electron chi connectivity index (χ1n) is 22.9. The largest absolute Gasteiger partial charge is 0.756 e. The van der Waals surface area contributed by atoms with Crippen molar-refractivity contribution in [1.29, 1.82) is 0 Å². The molecule has 3 atom stereocenters. The molecule has 9 heteroatoms. The summed E-state index contributed by atoms with van der Waals surface area (Å²) in [6.07, 6.45) is 46.5. The van der Waals surface area contributed by atoms with Crippen LogP contribution in [0.5, 0.6) is 0 Å². The first-order valence-corrected chi connectivity index (χ1v) is 24.3. The van der Waals surface area contributed by atoms with Crippen molar-refractivity contribution in [2.24, 2.45) is 0 Å². The van der Waals surface area contributed by atoms with E-state index in [0.29, 0.717) is 17.4 Å². The first-order chi connectivity index (χ1) is 26.5. The third kappa shape index (κ3) is 40.7. The van der Waals surface area contributed by atoms with Gasteiger partial charge in [-0.2, -0.15) is 0 Å². The molecule has 0 heterocycles. The Morgan fingerprint density at radius 3 is 1.51 bits per heavy atom. The maximum atomic E-state index is 12.8. The standard InChI is InChI=1S/C46H89N2O6P/c1-6-8-10-12-14-16-17-18-19-20-21-22-23-24-25-26-27-28-29-30-32-34-36-38-40-46(50)47-44(43-54-55(51,52)53-42-41-48(3,4)5)45(49)39-37-35-33-31-15-13-11-9-7-2/h15,24-25,31,37,39,44-45,49H,6-14,16-23,26-30,32-36,38,40-43H2,1-5H3,(H-,47,50,51,52)/b25-24-,31-15+,39-37+. The lowest BCUT2D eigenvalue weighted by Crippen LogP contribution is -2.45. The van der Waals surface area contributed by atoms with Crippen molar-refractivity contribution in [2.75, 3.05) is 40.9 Å². The highest BCUT2D eigenvalue weighted by atomic mass is 31.2. The fraction of sp³-hybridized carbons (Fsp3) is 0.848. The fourth-order valence-electron chi connectivity index (χ4n) is 6.40. The summed E-state index contributed by atoms with van der Waals surface area (Å²) >= 11 is 0. The molecule has 0 aliphatic heterocycles. The highest BCUT2D eigenvalue weighted by molar-refractivity contribution is 7.45. The number of carbonyl (C=O) groups excluding carboxylic acids is 1. The van der Waals surface area contributed by atoms with Crippen LogP contribution in [0.4, 0.5) is 0 Å². The van der Waals surface area contributed by atoms with Gasteiger partial charge < -0.3 is 28.8 Å². The number of amides is 1. The van der Waals surface area contributed by atoms with Crippen LogP contribution in [0.1, 0.15) is 200 Å². The fourth-order valence-corrected chi connectivity index (χ4v) is 7.12. The van der Waals surface area contributed by atoms with Crippen LogP contribution >= 0.6 is 7.82 Å². The molecule has 324 valence electrons. The molecule has 0 saturated heterocycles. The quantitative estimate of drug-likeness (QED) is 0.0276. The molecule has 3 unspecified atom stereocenters. The maximum Gasteiger partial charge on any atom is 0.268 e. The van der Waals surface area contributed by atoms with Crippen LogP contribution in [-0.4, -0.2) is 68.5 Å². The number of rotatable bonds is 41. The molecule has 0 aromatic carbocycles. The molecule has 1 amide bonds. The van der Waals surface area contributed by atoms with Crippen molar-refractivity contribution in [1.82, 2.24) is 5.32 Å². The number of hydrogen-bond donors (Lipinski definition) is 2. The molecule has 0 aliphatic carbocycles. The Morgan fingerprint density at radius 1 is 0.618 bits per heavy atom. The average molecular weight is 797 g/mol. The predicted octanol–water partition coefficient (Wildman–Crippen LogP) is 12.1. The molecule has 0 spiro atoms. The van der Waals surface area contributed by atoms with E-state index in [2.05, 4.69) is 43.5 Å². The Labute approximate surface area is 340 Å². The summed E-state index contributed by atoms with van der Waals surface area (Å²) in [7, 11) is 1.24. The molecule has 0 aliphatic rings. The van der Waals surface area contributed by atoms with E-state index < -0.39 is 26.6 Å². The van der Waals surface area contributed by atoms with E-state index in [1.807, 2.05) is 27.2 Å². The lowest BCUT2D eigenvalue weighted by Gasteiger charge is -2.29. The number of likely N-dealkylation sites (N-methyl/N-ethyl adjacent to an activating group) is 1. The number of aliphatic hydroxyl groups is 1. The van der Waals surface area contributed by atoms with Crippen LogP contribution in [0, 0.1) is 0 Å². The van der Waals surface area contributed by atoms with E-state index in [4.69, 9.17) is 9.05 Å². The SMILES string of the molecule is CCCCC/C=C/CC/C=C/C(O)C(COP(=O)([O-])OCC[N+](C)(C)C)NC(=O)CCCCCCCCCC/C=C\CCCCCCCCCCCCCC. The van der Waals surface area contributed by atoms with Gasteiger partial charge in [-0.05, 0) is 57.8 Å². The first kappa shape index (κ1) is 53.7. The number of hydrogen-bond acceptors (Lipinski definition) is 6. The zero-order valence-electron chi connectivity index (χ0n) is 36.6. The van der Waals surface area contributed by atoms with Gasteiger partial charge in [0.1, 0.15) is 13.2 Å². The van der Waals surface area contributed by atoms with Gasteiger partial charge in [-0.15, -0.1) is 0 Å². The number of phosphoric ester groups is 1. The van der Waals surface area contributed by atoms with Gasteiger partial charge in [-0.3, -0.25) is 9.36 Å². The highest BCUT2D eigenvalue weighted by Crippen LogP contribution is 2.38. The number of unbranched alkanes of at least 4 members (excludes halogenated alkanes) is 24. The third-order valence-corrected chi connectivity index (χ3v) is 11.0. The minimum absolute atomic E-state index is 0.00731. The van der Waals surface area contributed by atoms with E-state index in [1.165, 1.54) is 141 Å². The number of carbonyl (C=O) groups is 1. The molecule has 0 saturated carbocycles. The summed E-state index contributed by atoms with van der Waals surface area (Å²) in [5, 5.41) is 13.7. The van der Waals surface area contributed by atoms with E-state index in [9.17, 15) is 19.4 Å². The summed E-state index contributed by atoms with van der Waals surface area (Å²) in [4.78, 5) is 25.2. The van der Waals surface area contributed by atoms with E-state index in [0.717, 1.165) is 38.5 Å². The zero-order valence-corrected chi connectivity index (χ0v) is 37.5. The molecule has 0 bridgehead atoms. The topological polar surface area (TPSA) is 108 Å². The van der Waals surface area contributed by atoms with Crippen LogP contribution < -0.4 is 10.2 Å². The monoisotopic (exact) mass is 797 g/mol. The second-order valence-corrected chi connectivity index (χ2v) is 18.2. The van der Waals surface area contributed by atoms with Gasteiger partial charge in [0.25, 0.3) is 7.82 Å². The van der Waals surface area contributed by atoms with Crippen LogP contribution in [0.3, 0.4) is 0 Å². The molecule has 55 heavy (non-hydrogen) atoms. The van der Waals surface area contributed by atoms with Crippen LogP contribution in [-0.2, 0) is 18.4 Å². The summed E-state index contributed by atoms with van der Waals surface area (Å²) in [5.74, 6) is -0.213. The van der Waals surface area contributed by atoms with Gasteiger partial charge in [0.15, 0.2) is 0 Å². The zero-order chi connectivity index (χ0) is 40.7. The molecule has 0 aromatic rings. The molecule has 0 rings (SSSR count). The molecule has 0 aromatic heterocycles. The number of nitrogens with one attached hydrogen (secondary N) is 1. The van der Waals surface area contributed by atoms with Crippen molar-refractivity contribution < 1.29 is 32.9 Å². The molecule has 0 fully saturated rings. The Morgan fingerprint density at radius 2 is 1.02 bits per heavy atom. The number of nitrogens with zero attached hydrogens (tertiary/aromatic N) is 1. The van der Waals surface area contributed by atoms with Gasteiger partial charge in [0.05, 0.1) is 39.9 Å². The van der Waals surface area contributed by atoms with Crippen molar-refractivity contribution in [2.45, 2.75) is 212 Å². The summed E-state index contributed by atoms with van der Waals surface area (Å²) in [5.41, 5.74) is 0. The molecule has 2 N–H and O–H groups in total. The molecular formula is C46H89N2O6P. The van der Waals surface area contributed by atoms with E-state index >= 15 is 0 Å². The lowest BCUT2D eigenvalue weighted by molar-refractivity contribution is -0.870. The van der Waals surface area contributed by atoms with Crippen molar-refractivity contribution in [3.63, 3.8) is 0 Å². The van der Waals surface area contributed by atoms with Crippen molar-refractivity contribution >= 4 is 13.7 Å². The van der Waals surface area contributed by atoms with Crippen molar-refractivity contribution in [3.8, 4) is 0 Å². The van der Waals surface area contributed by atoms with Gasteiger partial charge in [-0.1, -0.05) is 172 Å². The van der Waals surface area contributed by atoms with Crippen molar-refractivity contribution in [3.05, 3.63) is 36.5 Å².